The molecule has 0 aromatic carbocycles. The lowest BCUT2D eigenvalue weighted by molar-refractivity contribution is -0.151. The zero-order valence-corrected chi connectivity index (χ0v) is 32.6. The number of carbonyl (C=O) groups excluding carboxylic acids is 3. The SMILES string of the molecule is CCCCCCCC(CCCCCCC)OC(=O)CCCC(CCCC(=O)OC(CCCCC)CCCCC)OC(=O)CCCN(C)C. The highest BCUT2D eigenvalue weighted by molar-refractivity contribution is 5.70. The van der Waals surface area contributed by atoms with Crippen LogP contribution >= 0.6 is 0 Å². The lowest BCUT2D eigenvalue weighted by Gasteiger charge is -2.20. The van der Waals surface area contributed by atoms with E-state index in [-0.39, 0.29) is 36.2 Å². The van der Waals surface area contributed by atoms with Gasteiger partial charge in [0.2, 0.25) is 0 Å². The summed E-state index contributed by atoms with van der Waals surface area (Å²) in [5.74, 6) is -0.493. The Kier molecular flexibility index (Phi) is 32.7. The van der Waals surface area contributed by atoms with E-state index in [1.165, 1.54) is 51.4 Å². The standard InChI is InChI=1S/C41H79NO6/c1-7-11-15-17-21-28-37(29-22-18-16-12-8-2)47-40(44)33-24-31-38(48-41(45)34-25-35-42(5)6)30-23-32-39(43)46-36(26-19-13-9-3)27-20-14-10-4/h36-38H,7-35H2,1-6H3. The summed E-state index contributed by atoms with van der Waals surface area (Å²) in [6.07, 6.45) is 26.6. The van der Waals surface area contributed by atoms with Crippen molar-refractivity contribution >= 4 is 17.9 Å². The minimum absolute atomic E-state index is 0.00319. The van der Waals surface area contributed by atoms with E-state index >= 15 is 0 Å². The molecule has 0 N–H and O–H groups in total. The van der Waals surface area contributed by atoms with Gasteiger partial charge in [0, 0.05) is 19.3 Å². The fourth-order valence-corrected chi connectivity index (χ4v) is 6.20. The Morgan fingerprint density at radius 1 is 0.396 bits per heavy atom. The number of rotatable bonds is 35. The summed E-state index contributed by atoms with van der Waals surface area (Å²) in [5, 5.41) is 0. The molecule has 48 heavy (non-hydrogen) atoms. The Morgan fingerprint density at radius 2 is 0.667 bits per heavy atom. The van der Waals surface area contributed by atoms with Crippen molar-refractivity contribution in [2.75, 3.05) is 20.6 Å². The molecular formula is C41H79NO6. The third kappa shape index (κ3) is 30.4. The third-order valence-electron chi connectivity index (χ3n) is 9.21. The van der Waals surface area contributed by atoms with Gasteiger partial charge in [-0.25, -0.2) is 0 Å². The van der Waals surface area contributed by atoms with Crippen molar-refractivity contribution in [1.29, 1.82) is 0 Å². The summed E-state index contributed by atoms with van der Waals surface area (Å²) >= 11 is 0. The Morgan fingerprint density at radius 3 is 1.00 bits per heavy atom. The molecule has 0 aromatic heterocycles. The first-order chi connectivity index (χ1) is 23.2. The van der Waals surface area contributed by atoms with Crippen LogP contribution in [0.25, 0.3) is 0 Å². The van der Waals surface area contributed by atoms with Gasteiger partial charge in [-0.3, -0.25) is 14.4 Å². The molecule has 0 aliphatic rings. The topological polar surface area (TPSA) is 82.1 Å². The predicted octanol–water partition coefficient (Wildman–Crippen LogP) is 11.3. The van der Waals surface area contributed by atoms with Crippen molar-refractivity contribution < 1.29 is 28.6 Å². The van der Waals surface area contributed by atoms with Crippen molar-refractivity contribution in [1.82, 2.24) is 4.90 Å². The van der Waals surface area contributed by atoms with Crippen molar-refractivity contribution in [2.45, 2.75) is 226 Å². The summed E-state index contributed by atoms with van der Waals surface area (Å²) < 4.78 is 17.8. The highest BCUT2D eigenvalue weighted by atomic mass is 16.6. The highest BCUT2D eigenvalue weighted by Crippen LogP contribution is 2.20. The smallest absolute Gasteiger partial charge is 0.306 e. The van der Waals surface area contributed by atoms with Crippen LogP contribution in [0.4, 0.5) is 0 Å². The number of hydrogen-bond acceptors (Lipinski definition) is 7. The Balaban J connectivity index is 4.99. The van der Waals surface area contributed by atoms with Crippen LogP contribution in [0, 0.1) is 0 Å². The first-order valence-corrected chi connectivity index (χ1v) is 20.5. The van der Waals surface area contributed by atoms with Crippen molar-refractivity contribution in [3.8, 4) is 0 Å². The zero-order valence-electron chi connectivity index (χ0n) is 32.6. The normalized spacial score (nSPS) is 12.2. The van der Waals surface area contributed by atoms with Crippen LogP contribution in [0.15, 0.2) is 0 Å². The molecule has 0 fully saturated rings. The van der Waals surface area contributed by atoms with Crippen LogP contribution in [0.1, 0.15) is 207 Å². The lowest BCUT2D eigenvalue weighted by atomic mass is 10.0. The molecular weight excluding hydrogens is 602 g/mol. The molecule has 0 rings (SSSR count). The second kappa shape index (κ2) is 33.8. The maximum atomic E-state index is 12.9. The monoisotopic (exact) mass is 682 g/mol. The van der Waals surface area contributed by atoms with Gasteiger partial charge in [0.1, 0.15) is 18.3 Å². The van der Waals surface area contributed by atoms with Crippen LogP contribution in [0.3, 0.4) is 0 Å². The lowest BCUT2D eigenvalue weighted by Crippen LogP contribution is -2.22. The number of hydrogen-bond donors (Lipinski definition) is 0. The van der Waals surface area contributed by atoms with Gasteiger partial charge in [-0.05, 0) is 104 Å². The molecule has 0 aliphatic heterocycles. The largest absolute Gasteiger partial charge is 0.462 e. The van der Waals surface area contributed by atoms with Crippen molar-refractivity contribution in [3.63, 3.8) is 0 Å². The van der Waals surface area contributed by atoms with Crippen LogP contribution in [-0.2, 0) is 28.6 Å². The fourth-order valence-electron chi connectivity index (χ4n) is 6.20. The van der Waals surface area contributed by atoms with E-state index in [1.54, 1.807) is 0 Å². The maximum absolute atomic E-state index is 12.9. The molecule has 7 nitrogen and oxygen atoms in total. The van der Waals surface area contributed by atoms with Crippen LogP contribution in [0.5, 0.6) is 0 Å². The van der Waals surface area contributed by atoms with Gasteiger partial charge in [0.25, 0.3) is 0 Å². The number of unbranched alkanes of at least 4 members (excludes halogenated alkanes) is 12. The van der Waals surface area contributed by atoms with Gasteiger partial charge in [0.15, 0.2) is 0 Å². The molecule has 1 unspecified atom stereocenters. The first kappa shape index (κ1) is 46.4. The van der Waals surface area contributed by atoms with E-state index in [1.807, 2.05) is 14.1 Å². The fraction of sp³-hybridized carbons (Fsp3) is 0.927. The molecule has 0 heterocycles. The summed E-state index contributed by atoms with van der Waals surface area (Å²) in [7, 11) is 3.99. The summed E-state index contributed by atoms with van der Waals surface area (Å²) in [4.78, 5) is 40.5. The highest BCUT2D eigenvalue weighted by Gasteiger charge is 2.20. The van der Waals surface area contributed by atoms with Crippen LogP contribution in [0.2, 0.25) is 0 Å². The summed E-state index contributed by atoms with van der Waals surface area (Å²) in [6, 6.07) is 0. The van der Waals surface area contributed by atoms with E-state index < -0.39 is 0 Å². The predicted molar refractivity (Wildman–Crippen MR) is 200 cm³/mol. The van der Waals surface area contributed by atoms with E-state index in [0.717, 1.165) is 90.0 Å². The van der Waals surface area contributed by atoms with Gasteiger partial charge in [-0.15, -0.1) is 0 Å². The molecule has 0 spiro atoms. The number of ether oxygens (including phenoxy) is 3. The molecule has 0 bridgehead atoms. The maximum Gasteiger partial charge on any atom is 0.306 e. The Bertz CT molecular complexity index is 733. The van der Waals surface area contributed by atoms with Gasteiger partial charge in [-0.1, -0.05) is 105 Å². The van der Waals surface area contributed by atoms with Crippen LogP contribution in [-0.4, -0.2) is 61.8 Å². The second-order valence-electron chi connectivity index (χ2n) is 14.4. The average Bonchev–Trinajstić information content (AvgIpc) is 3.04. The number of carbonyl (C=O) groups is 3. The zero-order chi connectivity index (χ0) is 35.7. The van der Waals surface area contributed by atoms with Gasteiger partial charge >= 0.3 is 17.9 Å². The number of nitrogens with zero attached hydrogens (tertiary/aromatic N) is 1. The van der Waals surface area contributed by atoms with E-state index in [2.05, 4.69) is 32.6 Å². The summed E-state index contributed by atoms with van der Waals surface area (Å²) in [5.41, 5.74) is 0. The van der Waals surface area contributed by atoms with Crippen molar-refractivity contribution in [2.24, 2.45) is 0 Å². The average molecular weight is 682 g/mol. The summed E-state index contributed by atoms with van der Waals surface area (Å²) in [6.45, 7) is 9.67. The minimum atomic E-state index is -0.310. The Labute approximate surface area is 297 Å². The molecule has 284 valence electrons. The third-order valence-corrected chi connectivity index (χ3v) is 9.21. The molecule has 0 saturated heterocycles. The number of esters is 3. The van der Waals surface area contributed by atoms with Gasteiger partial charge in [-0.2, -0.15) is 0 Å². The van der Waals surface area contributed by atoms with E-state index in [9.17, 15) is 14.4 Å². The molecule has 0 saturated carbocycles. The molecule has 0 aromatic rings. The van der Waals surface area contributed by atoms with Crippen LogP contribution < -0.4 is 0 Å². The van der Waals surface area contributed by atoms with E-state index in [4.69, 9.17) is 14.2 Å². The quantitative estimate of drug-likeness (QED) is 0.0374. The Hall–Kier alpha value is -1.63. The molecule has 0 radical (unpaired) electrons. The van der Waals surface area contributed by atoms with E-state index in [0.29, 0.717) is 44.9 Å². The van der Waals surface area contributed by atoms with Gasteiger partial charge < -0.3 is 19.1 Å². The molecule has 7 heteroatoms. The van der Waals surface area contributed by atoms with Crippen molar-refractivity contribution in [3.05, 3.63) is 0 Å². The molecule has 0 aliphatic carbocycles. The molecule has 1 atom stereocenters. The van der Waals surface area contributed by atoms with Gasteiger partial charge in [0.05, 0.1) is 0 Å². The molecule has 0 amide bonds. The first-order valence-electron chi connectivity index (χ1n) is 20.5. The second-order valence-corrected chi connectivity index (χ2v) is 14.4. The minimum Gasteiger partial charge on any atom is -0.462 e.